The van der Waals surface area contributed by atoms with Gasteiger partial charge in [0.15, 0.2) is 5.12 Å². The van der Waals surface area contributed by atoms with Gasteiger partial charge in [0.05, 0.1) is 18.6 Å². The fraction of sp³-hybridized carbons (Fsp3) is 0.526. The molecule has 0 unspecified atom stereocenters. The monoisotopic (exact) mass is 399 g/mol. The lowest BCUT2D eigenvalue weighted by atomic mass is 10.1. The van der Waals surface area contributed by atoms with E-state index in [4.69, 9.17) is 16.3 Å². The molecule has 1 rings (SSSR count). The molecule has 0 spiro atoms. The third-order valence-corrected chi connectivity index (χ3v) is 5.73. The number of aryl methyl sites for hydroxylation is 1. The number of amides is 1. The van der Waals surface area contributed by atoms with E-state index in [9.17, 15) is 14.4 Å². The van der Waals surface area contributed by atoms with Crippen molar-refractivity contribution in [3.05, 3.63) is 28.3 Å². The number of thioether (sulfide) groups is 1. The molecule has 1 amide bonds. The van der Waals surface area contributed by atoms with Gasteiger partial charge in [-0.25, -0.2) is 0 Å². The van der Waals surface area contributed by atoms with Crippen LogP contribution in [0.25, 0.3) is 0 Å². The summed E-state index contributed by atoms with van der Waals surface area (Å²) >= 11 is 7.20. The van der Waals surface area contributed by atoms with Gasteiger partial charge in [-0.2, -0.15) is 0 Å². The molecule has 0 radical (unpaired) electrons. The zero-order valence-electron chi connectivity index (χ0n) is 15.9. The fourth-order valence-electron chi connectivity index (χ4n) is 2.66. The molecule has 0 aliphatic rings. The van der Waals surface area contributed by atoms with Crippen LogP contribution in [0.5, 0.6) is 0 Å². The minimum atomic E-state index is -0.534. The van der Waals surface area contributed by atoms with Crippen molar-refractivity contribution < 1.29 is 19.1 Å². The Morgan fingerprint density at radius 1 is 1.19 bits per heavy atom. The van der Waals surface area contributed by atoms with Gasteiger partial charge in [0, 0.05) is 10.9 Å². The van der Waals surface area contributed by atoms with Crippen molar-refractivity contribution in [1.82, 2.24) is 0 Å². The van der Waals surface area contributed by atoms with Crippen molar-refractivity contribution in [1.29, 1.82) is 0 Å². The summed E-state index contributed by atoms with van der Waals surface area (Å²) in [6.45, 7) is 7.33. The van der Waals surface area contributed by atoms with E-state index in [1.807, 2.05) is 20.8 Å². The molecule has 1 aromatic rings. The van der Waals surface area contributed by atoms with E-state index in [2.05, 4.69) is 0 Å². The molecular formula is C19H26ClNO4S. The maximum atomic E-state index is 12.8. The average molecular weight is 400 g/mol. The van der Waals surface area contributed by atoms with Gasteiger partial charge in [-0.05, 0) is 43.9 Å². The highest BCUT2D eigenvalue weighted by molar-refractivity contribution is 8.14. The predicted octanol–water partition coefficient (Wildman–Crippen LogP) is 4.16. The van der Waals surface area contributed by atoms with Crippen LogP contribution in [-0.2, 0) is 19.1 Å². The van der Waals surface area contributed by atoms with E-state index in [1.54, 1.807) is 19.1 Å². The Hall–Kier alpha value is -1.53. The molecule has 0 fully saturated rings. The summed E-state index contributed by atoms with van der Waals surface area (Å²) in [4.78, 5) is 38.2. The first-order chi connectivity index (χ1) is 12.3. The zero-order valence-corrected chi connectivity index (χ0v) is 17.5. The highest BCUT2D eigenvalue weighted by atomic mass is 35.5. The second kappa shape index (κ2) is 10.6. The molecular weight excluding hydrogens is 374 g/mol. The predicted molar refractivity (Wildman–Crippen MR) is 107 cm³/mol. The summed E-state index contributed by atoms with van der Waals surface area (Å²) in [5, 5.41) is 0.509. The molecule has 26 heavy (non-hydrogen) atoms. The van der Waals surface area contributed by atoms with E-state index in [-0.39, 0.29) is 29.2 Å². The molecule has 5 nitrogen and oxygen atoms in total. The van der Waals surface area contributed by atoms with Crippen LogP contribution >= 0.6 is 23.4 Å². The highest BCUT2D eigenvalue weighted by Crippen LogP contribution is 2.31. The Kier molecular flexibility index (Phi) is 9.16. The molecule has 144 valence electrons. The number of rotatable bonds is 8. The quantitative estimate of drug-likeness (QED) is 0.614. The van der Waals surface area contributed by atoms with E-state index < -0.39 is 5.97 Å². The molecule has 0 heterocycles. The van der Waals surface area contributed by atoms with Crippen LogP contribution in [0.2, 0.25) is 5.02 Å². The van der Waals surface area contributed by atoms with Gasteiger partial charge in [-0.3, -0.25) is 19.3 Å². The minimum absolute atomic E-state index is 0.000839. The van der Waals surface area contributed by atoms with Crippen molar-refractivity contribution >= 4 is 46.0 Å². The number of benzene rings is 1. The van der Waals surface area contributed by atoms with Crippen LogP contribution in [0.15, 0.2) is 12.1 Å². The molecule has 1 aromatic carbocycles. The second-order valence-corrected chi connectivity index (χ2v) is 7.40. The number of methoxy groups -OCH3 is 1. The van der Waals surface area contributed by atoms with Crippen molar-refractivity contribution in [2.75, 3.05) is 24.3 Å². The molecule has 0 aliphatic carbocycles. The summed E-state index contributed by atoms with van der Waals surface area (Å²) < 4.78 is 4.72. The van der Waals surface area contributed by atoms with Crippen LogP contribution < -0.4 is 4.90 Å². The Labute approximate surface area is 164 Å². The van der Waals surface area contributed by atoms with Crippen LogP contribution in [0.3, 0.4) is 0 Å². The highest BCUT2D eigenvalue weighted by Gasteiger charge is 2.25. The summed E-state index contributed by atoms with van der Waals surface area (Å²) in [5.74, 6) is -0.948. The van der Waals surface area contributed by atoms with Gasteiger partial charge < -0.3 is 4.74 Å². The molecule has 0 aromatic heterocycles. The van der Waals surface area contributed by atoms with Crippen molar-refractivity contribution in [3.63, 3.8) is 0 Å². The smallest absolute Gasteiger partial charge is 0.325 e. The number of nitrogens with zero attached hydrogens (tertiary/aromatic N) is 1. The maximum Gasteiger partial charge on any atom is 0.325 e. The first kappa shape index (κ1) is 22.5. The van der Waals surface area contributed by atoms with E-state index >= 15 is 0 Å². The van der Waals surface area contributed by atoms with Crippen LogP contribution in [0.4, 0.5) is 5.69 Å². The number of anilines is 1. The number of hydrogen-bond donors (Lipinski definition) is 0. The van der Waals surface area contributed by atoms with Gasteiger partial charge in [0.25, 0.3) is 0 Å². The van der Waals surface area contributed by atoms with Crippen LogP contribution in [0, 0.1) is 19.8 Å². The maximum absolute atomic E-state index is 12.8. The van der Waals surface area contributed by atoms with Gasteiger partial charge in [0.1, 0.15) is 6.54 Å². The number of ether oxygens (including phenoxy) is 1. The first-order valence-corrected chi connectivity index (χ1v) is 9.92. The third-order valence-electron chi connectivity index (χ3n) is 4.31. The first-order valence-electron chi connectivity index (χ1n) is 8.56. The molecule has 0 saturated carbocycles. The van der Waals surface area contributed by atoms with Gasteiger partial charge >= 0.3 is 5.97 Å². The summed E-state index contributed by atoms with van der Waals surface area (Å²) in [7, 11) is 1.27. The molecule has 0 saturated heterocycles. The molecule has 0 N–H and O–H groups in total. The Morgan fingerprint density at radius 2 is 1.81 bits per heavy atom. The lowest BCUT2D eigenvalue weighted by molar-refractivity contribution is -0.139. The Bertz CT molecular complexity index is 674. The number of halogens is 1. The van der Waals surface area contributed by atoms with E-state index in [0.717, 1.165) is 30.2 Å². The van der Waals surface area contributed by atoms with Crippen LogP contribution in [-0.4, -0.2) is 36.4 Å². The topological polar surface area (TPSA) is 63.7 Å². The second-order valence-electron chi connectivity index (χ2n) is 6.02. The fourth-order valence-corrected chi connectivity index (χ4v) is 3.81. The third kappa shape index (κ3) is 5.74. The summed E-state index contributed by atoms with van der Waals surface area (Å²) in [5.41, 5.74) is 2.11. The van der Waals surface area contributed by atoms with Gasteiger partial charge in [0.2, 0.25) is 5.91 Å². The summed E-state index contributed by atoms with van der Waals surface area (Å²) in [6, 6.07) is 3.55. The SMILES string of the molecule is CCC(CC)C(=O)SCC(=O)N(CC(=O)OC)c1c(C)ccc(Cl)c1C. The largest absolute Gasteiger partial charge is 0.468 e. The standard InChI is InChI=1S/C19H26ClNO4S/c1-6-14(7-2)19(24)26-11-16(22)21(10-17(23)25-5)18-12(3)8-9-15(20)13(18)4/h8-9,14H,6-7,10-11H2,1-5H3. The van der Waals surface area contributed by atoms with E-state index in [1.165, 1.54) is 12.0 Å². The molecule has 0 aliphatic heterocycles. The number of carbonyl (C=O) groups excluding carboxylic acids is 3. The average Bonchev–Trinajstić information content (AvgIpc) is 2.62. The molecule has 0 bridgehead atoms. The number of esters is 1. The minimum Gasteiger partial charge on any atom is -0.468 e. The molecule has 7 heteroatoms. The van der Waals surface area contributed by atoms with Crippen LogP contribution in [0.1, 0.15) is 37.8 Å². The normalized spacial score (nSPS) is 10.7. The number of hydrogen-bond acceptors (Lipinski definition) is 5. The van der Waals surface area contributed by atoms with Crippen molar-refractivity contribution in [2.45, 2.75) is 40.5 Å². The number of carbonyl (C=O) groups is 3. The van der Waals surface area contributed by atoms with Gasteiger partial charge in [-0.1, -0.05) is 43.3 Å². The van der Waals surface area contributed by atoms with Crippen molar-refractivity contribution in [2.24, 2.45) is 5.92 Å². The van der Waals surface area contributed by atoms with Crippen molar-refractivity contribution in [3.8, 4) is 0 Å². The van der Waals surface area contributed by atoms with E-state index in [0.29, 0.717) is 16.3 Å². The lowest BCUT2D eigenvalue weighted by Gasteiger charge is -2.26. The molecule has 0 atom stereocenters. The summed E-state index contributed by atoms with van der Waals surface area (Å²) in [6.07, 6.45) is 1.49. The van der Waals surface area contributed by atoms with Gasteiger partial charge in [-0.15, -0.1) is 0 Å². The zero-order chi connectivity index (χ0) is 19.9. The lowest BCUT2D eigenvalue weighted by Crippen LogP contribution is -2.38. The Balaban J connectivity index is 3.08. The Morgan fingerprint density at radius 3 is 2.35 bits per heavy atom.